The zero-order valence-electron chi connectivity index (χ0n) is 4.48. The molecular formula is C6H9S. The highest BCUT2D eigenvalue weighted by Crippen LogP contribution is 1.98. The van der Waals surface area contributed by atoms with Crippen LogP contribution >= 0.6 is 12.6 Å². The van der Waals surface area contributed by atoms with E-state index in [1.54, 1.807) is 0 Å². The van der Waals surface area contributed by atoms with E-state index in [0.29, 0.717) is 5.92 Å². The second-order valence-electron chi connectivity index (χ2n) is 1.56. The Morgan fingerprint density at radius 1 is 1.86 bits per heavy atom. The van der Waals surface area contributed by atoms with Gasteiger partial charge < -0.3 is 0 Å². The van der Waals surface area contributed by atoms with E-state index in [1.165, 1.54) is 0 Å². The zero-order chi connectivity index (χ0) is 5.70. The molecule has 0 aromatic carbocycles. The van der Waals surface area contributed by atoms with Crippen LogP contribution in [0.1, 0.15) is 13.3 Å². The van der Waals surface area contributed by atoms with Gasteiger partial charge in [0.05, 0.1) is 0 Å². The van der Waals surface area contributed by atoms with E-state index >= 15 is 0 Å². The molecule has 0 N–H and O–H groups in total. The molecule has 0 fully saturated rings. The van der Waals surface area contributed by atoms with Gasteiger partial charge in [0, 0.05) is 11.7 Å². The summed E-state index contributed by atoms with van der Waals surface area (Å²) in [5.41, 5.74) is 0. The minimum Gasteiger partial charge on any atom is -0.120 e. The lowest BCUT2D eigenvalue weighted by atomic mass is 10.1. The Hall–Kier alpha value is -0.0900. The Morgan fingerprint density at radius 3 is 2.57 bits per heavy atom. The van der Waals surface area contributed by atoms with E-state index in [0.717, 1.165) is 12.2 Å². The van der Waals surface area contributed by atoms with Gasteiger partial charge >= 0.3 is 0 Å². The van der Waals surface area contributed by atoms with Crippen LogP contribution in [-0.4, -0.2) is 5.75 Å². The normalized spacial score (nSPS) is 12.7. The fourth-order valence-corrected chi connectivity index (χ4v) is 0.614. The first-order valence-corrected chi connectivity index (χ1v) is 2.93. The quantitative estimate of drug-likeness (QED) is 0.479. The first kappa shape index (κ1) is 6.91. The van der Waals surface area contributed by atoms with Crippen LogP contribution in [0.5, 0.6) is 0 Å². The summed E-state index contributed by atoms with van der Waals surface area (Å²) >= 11 is 4.70. The largest absolute Gasteiger partial charge is 0.120 e. The minimum atomic E-state index is 0.373. The summed E-state index contributed by atoms with van der Waals surface area (Å²) in [5, 5.41) is 0. The second-order valence-corrected chi connectivity index (χ2v) is 1.97. The molecule has 0 heterocycles. The summed E-state index contributed by atoms with van der Waals surface area (Å²) in [6, 6.07) is 0. The van der Waals surface area contributed by atoms with Crippen LogP contribution in [0, 0.1) is 18.3 Å². The highest BCUT2D eigenvalue weighted by molar-refractivity contribution is 7.80. The summed E-state index contributed by atoms with van der Waals surface area (Å²) in [6.07, 6.45) is 6.04. The molecule has 1 unspecified atom stereocenters. The third-order valence-corrected chi connectivity index (χ3v) is 1.07. The van der Waals surface area contributed by atoms with Crippen molar-refractivity contribution in [2.75, 3.05) is 5.75 Å². The molecule has 0 nitrogen and oxygen atoms in total. The van der Waals surface area contributed by atoms with Crippen LogP contribution in [0.3, 0.4) is 0 Å². The zero-order valence-corrected chi connectivity index (χ0v) is 5.29. The van der Waals surface area contributed by atoms with Crippen LogP contribution < -0.4 is 0 Å². The summed E-state index contributed by atoms with van der Waals surface area (Å²) < 4.78 is 0. The highest BCUT2D eigenvalue weighted by atomic mass is 32.1. The van der Waals surface area contributed by atoms with Crippen molar-refractivity contribution in [3.05, 3.63) is 0 Å². The number of hydrogen-bond acceptors (Lipinski definition) is 0. The molecule has 0 aliphatic heterocycles. The molecule has 1 radical (unpaired) electrons. The maximum absolute atomic E-state index is 5.06. The van der Waals surface area contributed by atoms with E-state index < -0.39 is 0 Å². The number of hydrogen-bond donors (Lipinski definition) is 0. The van der Waals surface area contributed by atoms with Crippen molar-refractivity contribution in [2.24, 2.45) is 5.92 Å². The van der Waals surface area contributed by atoms with Crippen LogP contribution in [0.4, 0.5) is 0 Å². The maximum Gasteiger partial charge on any atom is 0.0180 e. The molecule has 0 aliphatic carbocycles. The molecule has 0 aromatic rings. The van der Waals surface area contributed by atoms with E-state index in [1.807, 2.05) is 6.92 Å². The number of terminal acetylenes is 1. The van der Waals surface area contributed by atoms with Gasteiger partial charge in [-0.15, -0.1) is 12.3 Å². The lowest BCUT2D eigenvalue weighted by molar-refractivity contribution is 0.733. The second kappa shape index (κ2) is 4.08. The van der Waals surface area contributed by atoms with Crippen molar-refractivity contribution in [1.29, 1.82) is 0 Å². The fourth-order valence-electron chi connectivity index (χ4n) is 0.260. The molecule has 39 valence electrons. The highest BCUT2D eigenvalue weighted by Gasteiger charge is 1.90. The molecule has 0 rings (SSSR count). The van der Waals surface area contributed by atoms with Gasteiger partial charge in [0.25, 0.3) is 0 Å². The van der Waals surface area contributed by atoms with Crippen LogP contribution in [0.2, 0.25) is 0 Å². The van der Waals surface area contributed by atoms with Gasteiger partial charge in [0.1, 0.15) is 0 Å². The van der Waals surface area contributed by atoms with E-state index in [4.69, 9.17) is 19.1 Å². The molecule has 0 saturated heterocycles. The molecule has 7 heavy (non-hydrogen) atoms. The van der Waals surface area contributed by atoms with Gasteiger partial charge in [-0.25, -0.2) is 0 Å². The monoisotopic (exact) mass is 113 g/mol. The fraction of sp³-hybridized carbons (Fsp3) is 0.667. The lowest BCUT2D eigenvalue weighted by Crippen LogP contribution is -1.88. The van der Waals surface area contributed by atoms with Crippen molar-refractivity contribution in [1.82, 2.24) is 0 Å². The summed E-state index contributed by atoms with van der Waals surface area (Å²) in [7, 11) is 0. The van der Waals surface area contributed by atoms with Crippen molar-refractivity contribution in [3.8, 4) is 12.3 Å². The average Bonchev–Trinajstić information content (AvgIpc) is 1.68. The summed E-state index contributed by atoms with van der Waals surface area (Å²) in [4.78, 5) is 0. The third kappa shape index (κ3) is 3.75. The molecule has 1 atom stereocenters. The summed E-state index contributed by atoms with van der Waals surface area (Å²) in [6.45, 7) is 2.01. The van der Waals surface area contributed by atoms with Gasteiger partial charge in [0.15, 0.2) is 0 Å². The van der Waals surface area contributed by atoms with E-state index in [2.05, 4.69) is 5.92 Å². The smallest absolute Gasteiger partial charge is 0.0180 e. The van der Waals surface area contributed by atoms with Gasteiger partial charge in [-0.2, -0.15) is 0 Å². The van der Waals surface area contributed by atoms with Gasteiger partial charge in [-0.1, -0.05) is 19.6 Å². The predicted octanol–water partition coefficient (Wildman–Crippen LogP) is 1.84. The maximum atomic E-state index is 5.06. The molecule has 0 bridgehead atoms. The Labute approximate surface area is 50.7 Å². The van der Waals surface area contributed by atoms with Crippen molar-refractivity contribution >= 4 is 12.6 Å². The minimum absolute atomic E-state index is 0.373. The molecule has 0 saturated carbocycles. The third-order valence-electron chi connectivity index (χ3n) is 0.835. The van der Waals surface area contributed by atoms with Gasteiger partial charge in [-0.3, -0.25) is 0 Å². The Morgan fingerprint density at radius 2 is 2.43 bits per heavy atom. The Bertz CT molecular complexity index is 70.7. The first-order valence-electron chi connectivity index (χ1n) is 2.35. The average molecular weight is 113 g/mol. The Kier molecular flexibility index (Phi) is 4.03. The van der Waals surface area contributed by atoms with Crippen LogP contribution in [0.25, 0.3) is 0 Å². The molecule has 1 heteroatoms. The molecule has 0 aromatic heterocycles. The molecule has 0 aliphatic rings. The SMILES string of the molecule is C#CC(C)CC[S]. The Balaban J connectivity index is 3.04. The predicted molar refractivity (Wildman–Crippen MR) is 35.1 cm³/mol. The molecule has 0 amide bonds. The van der Waals surface area contributed by atoms with Crippen LogP contribution in [-0.2, 0) is 0 Å². The van der Waals surface area contributed by atoms with E-state index in [-0.39, 0.29) is 0 Å². The molecular weight excluding hydrogens is 104 g/mol. The van der Waals surface area contributed by atoms with Gasteiger partial charge in [0.2, 0.25) is 0 Å². The van der Waals surface area contributed by atoms with Crippen molar-refractivity contribution < 1.29 is 0 Å². The summed E-state index contributed by atoms with van der Waals surface area (Å²) in [5.74, 6) is 3.75. The lowest BCUT2D eigenvalue weighted by Gasteiger charge is -1.94. The van der Waals surface area contributed by atoms with Gasteiger partial charge in [-0.05, 0) is 6.42 Å². The molecule has 0 spiro atoms. The van der Waals surface area contributed by atoms with Crippen molar-refractivity contribution in [2.45, 2.75) is 13.3 Å². The van der Waals surface area contributed by atoms with Crippen molar-refractivity contribution in [3.63, 3.8) is 0 Å². The van der Waals surface area contributed by atoms with E-state index in [9.17, 15) is 0 Å². The topological polar surface area (TPSA) is 0 Å². The first-order chi connectivity index (χ1) is 3.31. The standard InChI is InChI=1S/C6H9S/c1-3-6(2)4-5-7/h1,6H,4-5H2,2H3. The van der Waals surface area contributed by atoms with Crippen LogP contribution in [0.15, 0.2) is 0 Å². The number of rotatable bonds is 2.